The van der Waals surface area contributed by atoms with Gasteiger partial charge in [0.05, 0.1) is 10.4 Å². The van der Waals surface area contributed by atoms with Gasteiger partial charge in [0.15, 0.2) is 0 Å². The second-order valence-corrected chi connectivity index (χ2v) is 7.84. The number of hydrogen-bond donors (Lipinski definition) is 1. The minimum absolute atomic E-state index is 0.351. The number of benzene rings is 2. The molecule has 1 amide bonds. The number of amides is 1. The first-order valence-corrected chi connectivity index (χ1v) is 9.23. The van der Waals surface area contributed by atoms with Crippen LogP contribution >= 0.6 is 34.7 Å². The van der Waals surface area contributed by atoms with E-state index in [0.717, 1.165) is 14.0 Å². The van der Waals surface area contributed by atoms with E-state index in [1.807, 2.05) is 36.4 Å². The quantitative estimate of drug-likeness (QED) is 0.464. The van der Waals surface area contributed by atoms with Gasteiger partial charge in [-0.15, -0.1) is 11.3 Å². The third-order valence-corrected chi connectivity index (χ3v) is 5.51. The predicted octanol–water partition coefficient (Wildman–Crippen LogP) is 5.46. The molecule has 3 rings (SSSR count). The largest absolute Gasteiger partial charge is 0.271 e. The zero-order valence-electron chi connectivity index (χ0n) is 12.8. The molecule has 1 aromatic heterocycles. The molecule has 3 aromatic rings. The van der Waals surface area contributed by atoms with Gasteiger partial charge < -0.3 is 0 Å². The van der Waals surface area contributed by atoms with E-state index in [0.29, 0.717) is 10.6 Å². The third-order valence-electron chi connectivity index (χ3n) is 3.10. The van der Waals surface area contributed by atoms with E-state index in [1.54, 1.807) is 29.3 Å². The molecule has 25 heavy (non-hydrogen) atoms. The van der Waals surface area contributed by atoms with Crippen LogP contribution in [0.25, 0.3) is 0 Å². The first-order valence-electron chi connectivity index (χ1n) is 7.22. The lowest BCUT2D eigenvalue weighted by molar-refractivity contribution is 0.0955. The molecule has 0 atom stereocenters. The lowest BCUT2D eigenvalue weighted by atomic mass is 10.2. The summed E-state index contributed by atoms with van der Waals surface area (Å²) < 4.78 is 13.9. The van der Waals surface area contributed by atoms with Gasteiger partial charge in [-0.3, -0.25) is 4.79 Å². The molecule has 0 radical (unpaired) electrons. The zero-order chi connectivity index (χ0) is 17.6. The molecule has 7 heteroatoms. The van der Waals surface area contributed by atoms with Crippen molar-refractivity contribution in [1.82, 2.24) is 5.43 Å². The Hall–Kier alpha value is -2.15. The summed E-state index contributed by atoms with van der Waals surface area (Å²) >= 11 is 9.07. The summed E-state index contributed by atoms with van der Waals surface area (Å²) in [4.78, 5) is 13.9. The number of rotatable bonds is 5. The van der Waals surface area contributed by atoms with Gasteiger partial charge in [-0.1, -0.05) is 23.4 Å². The van der Waals surface area contributed by atoms with Crippen molar-refractivity contribution in [2.45, 2.75) is 9.10 Å². The van der Waals surface area contributed by atoms with Gasteiger partial charge in [-0.25, -0.2) is 9.82 Å². The summed E-state index contributed by atoms with van der Waals surface area (Å²) in [6, 6.07) is 16.8. The fourth-order valence-electron chi connectivity index (χ4n) is 1.90. The Kier molecular flexibility index (Phi) is 5.86. The van der Waals surface area contributed by atoms with Crippen LogP contribution in [0.15, 0.2) is 74.9 Å². The molecule has 0 aliphatic heterocycles. The van der Waals surface area contributed by atoms with Crippen LogP contribution in [0.1, 0.15) is 15.2 Å². The van der Waals surface area contributed by atoms with Crippen LogP contribution in [0.3, 0.4) is 0 Å². The van der Waals surface area contributed by atoms with Crippen LogP contribution in [0.4, 0.5) is 4.39 Å². The molecule has 0 bridgehead atoms. The van der Waals surface area contributed by atoms with E-state index in [9.17, 15) is 9.18 Å². The number of halogens is 2. The fraction of sp³-hybridized carbons (Fsp3) is 0. The number of nitrogens with zero attached hydrogens (tertiary/aromatic N) is 1. The molecule has 2 aromatic carbocycles. The van der Waals surface area contributed by atoms with Crippen LogP contribution < -0.4 is 5.43 Å². The minimum atomic E-state index is -0.386. The minimum Gasteiger partial charge on any atom is -0.267 e. The molecule has 126 valence electrons. The molecule has 0 fully saturated rings. The average molecular weight is 391 g/mol. The van der Waals surface area contributed by atoms with Crippen molar-refractivity contribution < 1.29 is 9.18 Å². The highest BCUT2D eigenvalue weighted by Gasteiger charge is 2.04. The van der Waals surface area contributed by atoms with E-state index in [1.165, 1.54) is 24.3 Å². The van der Waals surface area contributed by atoms with E-state index in [2.05, 4.69) is 10.5 Å². The van der Waals surface area contributed by atoms with Crippen molar-refractivity contribution in [3.63, 3.8) is 0 Å². The maximum absolute atomic E-state index is 12.8. The lowest BCUT2D eigenvalue weighted by Gasteiger charge is -1.99. The Morgan fingerprint density at radius 2 is 1.80 bits per heavy atom. The molecule has 0 saturated carbocycles. The van der Waals surface area contributed by atoms with Gasteiger partial charge >= 0.3 is 0 Å². The molecule has 3 nitrogen and oxygen atoms in total. The van der Waals surface area contributed by atoms with Gasteiger partial charge in [-0.05, 0) is 60.7 Å². The standard InChI is InChI=1S/C18H12ClFN2OS2/c19-13-3-7-15(8-4-13)24-17-10-9-16(25-17)11-21-22-18(23)12-1-5-14(20)6-2-12/h1-11H,(H,22,23)/b21-11-. The van der Waals surface area contributed by atoms with E-state index in [-0.39, 0.29) is 11.7 Å². The Morgan fingerprint density at radius 3 is 2.52 bits per heavy atom. The van der Waals surface area contributed by atoms with E-state index in [4.69, 9.17) is 11.6 Å². The zero-order valence-corrected chi connectivity index (χ0v) is 15.2. The molecule has 0 aliphatic rings. The molecule has 0 spiro atoms. The summed E-state index contributed by atoms with van der Waals surface area (Å²) in [7, 11) is 0. The van der Waals surface area contributed by atoms with Gasteiger partial charge in [0, 0.05) is 20.4 Å². The SMILES string of the molecule is O=C(N/N=C\c1ccc(Sc2ccc(Cl)cc2)s1)c1ccc(F)cc1. The summed E-state index contributed by atoms with van der Waals surface area (Å²) in [6.45, 7) is 0. The lowest BCUT2D eigenvalue weighted by Crippen LogP contribution is -2.17. The summed E-state index contributed by atoms with van der Waals surface area (Å²) in [5, 5.41) is 4.65. The first kappa shape index (κ1) is 17.7. The van der Waals surface area contributed by atoms with Crippen molar-refractivity contribution in [1.29, 1.82) is 0 Å². The summed E-state index contributed by atoms with van der Waals surface area (Å²) in [5.74, 6) is -0.770. The molecule has 1 heterocycles. The van der Waals surface area contributed by atoms with Crippen LogP contribution in [0.5, 0.6) is 0 Å². The Labute approximate surface area is 157 Å². The number of carbonyl (C=O) groups is 1. The molecule has 1 N–H and O–H groups in total. The molecule has 0 aliphatic carbocycles. The molecular formula is C18H12ClFN2OS2. The molecular weight excluding hydrogens is 379 g/mol. The normalized spacial score (nSPS) is 11.0. The Balaban J connectivity index is 1.57. The highest BCUT2D eigenvalue weighted by Crippen LogP contribution is 2.33. The van der Waals surface area contributed by atoms with Gasteiger partial charge in [0.25, 0.3) is 5.91 Å². The third kappa shape index (κ3) is 5.16. The first-order chi connectivity index (χ1) is 12.1. The number of carbonyl (C=O) groups excluding carboxylic acids is 1. The van der Waals surface area contributed by atoms with Gasteiger partial charge in [-0.2, -0.15) is 5.10 Å². The van der Waals surface area contributed by atoms with Crippen molar-refractivity contribution in [3.8, 4) is 0 Å². The van der Waals surface area contributed by atoms with Crippen molar-refractivity contribution in [2.75, 3.05) is 0 Å². The number of hydrazone groups is 1. The summed E-state index contributed by atoms with van der Waals surface area (Å²) in [5.41, 5.74) is 2.78. The fourth-order valence-corrected chi connectivity index (χ4v) is 4.02. The maximum Gasteiger partial charge on any atom is 0.271 e. The Bertz CT molecular complexity index is 892. The van der Waals surface area contributed by atoms with Crippen LogP contribution in [-0.2, 0) is 0 Å². The van der Waals surface area contributed by atoms with Crippen molar-refractivity contribution >= 4 is 46.8 Å². The number of thiophene rings is 1. The smallest absolute Gasteiger partial charge is 0.267 e. The highest BCUT2D eigenvalue weighted by molar-refractivity contribution is 8.01. The van der Waals surface area contributed by atoms with Crippen LogP contribution in [0.2, 0.25) is 5.02 Å². The van der Waals surface area contributed by atoms with Crippen LogP contribution in [-0.4, -0.2) is 12.1 Å². The van der Waals surface area contributed by atoms with Crippen LogP contribution in [0, 0.1) is 5.82 Å². The second kappa shape index (κ2) is 8.29. The molecule has 0 saturated heterocycles. The van der Waals surface area contributed by atoms with Gasteiger partial charge in [0.1, 0.15) is 5.82 Å². The number of hydrogen-bond acceptors (Lipinski definition) is 4. The van der Waals surface area contributed by atoms with E-state index >= 15 is 0 Å². The highest BCUT2D eigenvalue weighted by atomic mass is 35.5. The maximum atomic E-state index is 12.8. The van der Waals surface area contributed by atoms with Crippen molar-refractivity contribution in [2.24, 2.45) is 5.10 Å². The second-order valence-electron chi connectivity index (χ2n) is 4.92. The summed E-state index contributed by atoms with van der Waals surface area (Å²) in [6.07, 6.45) is 1.58. The van der Waals surface area contributed by atoms with E-state index < -0.39 is 0 Å². The topological polar surface area (TPSA) is 41.5 Å². The number of nitrogens with one attached hydrogen (secondary N) is 1. The monoisotopic (exact) mass is 390 g/mol. The Morgan fingerprint density at radius 1 is 1.08 bits per heavy atom. The average Bonchev–Trinajstić information content (AvgIpc) is 3.05. The van der Waals surface area contributed by atoms with Crippen molar-refractivity contribution in [3.05, 3.63) is 81.9 Å². The predicted molar refractivity (Wildman–Crippen MR) is 101 cm³/mol. The van der Waals surface area contributed by atoms with Gasteiger partial charge in [0.2, 0.25) is 0 Å². The molecule has 0 unspecified atom stereocenters.